The molecular weight excluding hydrogens is 250 g/mol. The largest absolute Gasteiger partial charge is 0.465 e. The van der Waals surface area contributed by atoms with Gasteiger partial charge in [0.2, 0.25) is 5.88 Å². The Morgan fingerprint density at radius 2 is 2.50 bits per heavy atom. The van der Waals surface area contributed by atoms with Gasteiger partial charge in [0.15, 0.2) is 11.8 Å². The maximum absolute atomic E-state index is 13.4. The molecule has 1 atom stereocenters. The van der Waals surface area contributed by atoms with E-state index in [0.717, 1.165) is 4.68 Å². The van der Waals surface area contributed by atoms with Crippen LogP contribution in [0.1, 0.15) is 17.4 Å². The molecule has 0 radical (unpaired) electrons. The van der Waals surface area contributed by atoms with Gasteiger partial charge in [-0.25, -0.2) is 18.3 Å². The van der Waals surface area contributed by atoms with Crippen molar-refractivity contribution in [1.29, 1.82) is 0 Å². The van der Waals surface area contributed by atoms with Crippen LogP contribution in [-0.2, 0) is 11.3 Å². The van der Waals surface area contributed by atoms with Crippen molar-refractivity contribution >= 4 is 5.97 Å². The number of halogens is 2. The van der Waals surface area contributed by atoms with Gasteiger partial charge in [-0.2, -0.15) is 5.10 Å². The van der Waals surface area contributed by atoms with Crippen LogP contribution in [0.2, 0.25) is 0 Å². The van der Waals surface area contributed by atoms with E-state index in [1.165, 1.54) is 6.07 Å². The molecule has 0 aliphatic carbocycles. The third kappa shape index (κ3) is 2.15. The van der Waals surface area contributed by atoms with Gasteiger partial charge in [0.1, 0.15) is 6.54 Å². The Bertz CT molecular complexity index is 461. The molecule has 0 aromatic carbocycles. The Labute approximate surface area is 101 Å². The number of aliphatic hydroxyl groups excluding tert-OH is 1. The highest BCUT2D eigenvalue weighted by atomic mass is 19.3. The van der Waals surface area contributed by atoms with Crippen LogP contribution in [0.4, 0.5) is 8.78 Å². The smallest absolute Gasteiger partial charge is 0.358 e. The van der Waals surface area contributed by atoms with Crippen LogP contribution in [0.25, 0.3) is 0 Å². The van der Waals surface area contributed by atoms with Crippen molar-refractivity contribution in [3.8, 4) is 5.88 Å². The molecule has 6 nitrogen and oxygen atoms in total. The van der Waals surface area contributed by atoms with Gasteiger partial charge in [0, 0.05) is 6.07 Å². The monoisotopic (exact) mass is 262 g/mol. The molecule has 0 fully saturated rings. The number of carbonyl (C=O) groups excluding carboxylic acids is 1. The summed E-state index contributed by atoms with van der Waals surface area (Å²) >= 11 is 0. The second-order valence-electron chi connectivity index (χ2n) is 3.80. The fourth-order valence-corrected chi connectivity index (χ4v) is 1.62. The summed E-state index contributed by atoms with van der Waals surface area (Å²) in [6.07, 6.45) is -1.63. The standard InChI is InChI=1S/C10H12F2N2O4/c1-2-17-9(16)6-3-8-14(13-6)5-10(11,12)7(4-15)18-8/h3,7,15H,2,4-5H2,1H3. The number of aromatic nitrogens is 2. The van der Waals surface area contributed by atoms with Gasteiger partial charge in [-0.15, -0.1) is 0 Å². The molecule has 18 heavy (non-hydrogen) atoms. The average Bonchev–Trinajstić information content (AvgIpc) is 2.69. The molecule has 0 amide bonds. The highest BCUT2D eigenvalue weighted by molar-refractivity contribution is 5.87. The number of fused-ring (bicyclic) bond motifs is 1. The quantitative estimate of drug-likeness (QED) is 0.800. The summed E-state index contributed by atoms with van der Waals surface area (Å²) in [4.78, 5) is 11.4. The molecule has 1 unspecified atom stereocenters. The minimum Gasteiger partial charge on any atom is -0.465 e. The lowest BCUT2D eigenvalue weighted by molar-refractivity contribution is -0.145. The van der Waals surface area contributed by atoms with E-state index < -0.39 is 31.1 Å². The number of hydrogen-bond acceptors (Lipinski definition) is 5. The predicted octanol–water partition coefficient (Wildman–Crippen LogP) is 0.448. The van der Waals surface area contributed by atoms with Gasteiger partial charge in [-0.1, -0.05) is 0 Å². The average molecular weight is 262 g/mol. The fourth-order valence-electron chi connectivity index (χ4n) is 1.62. The molecule has 0 saturated carbocycles. The van der Waals surface area contributed by atoms with Crippen molar-refractivity contribution in [1.82, 2.24) is 9.78 Å². The van der Waals surface area contributed by atoms with E-state index in [1.807, 2.05) is 0 Å². The lowest BCUT2D eigenvalue weighted by Crippen LogP contribution is -2.48. The van der Waals surface area contributed by atoms with E-state index >= 15 is 0 Å². The van der Waals surface area contributed by atoms with Crippen LogP contribution in [0.15, 0.2) is 6.07 Å². The zero-order valence-electron chi connectivity index (χ0n) is 9.60. The van der Waals surface area contributed by atoms with Gasteiger partial charge in [-0.3, -0.25) is 0 Å². The third-order valence-electron chi connectivity index (χ3n) is 2.49. The van der Waals surface area contributed by atoms with Crippen LogP contribution >= 0.6 is 0 Å². The maximum atomic E-state index is 13.4. The van der Waals surface area contributed by atoms with E-state index in [0.29, 0.717) is 0 Å². The molecule has 1 aliphatic rings. The molecule has 100 valence electrons. The minimum absolute atomic E-state index is 0.0167. The molecular formula is C10H12F2N2O4. The van der Waals surface area contributed by atoms with E-state index in [9.17, 15) is 13.6 Å². The number of esters is 1. The number of aliphatic hydroxyl groups is 1. The van der Waals surface area contributed by atoms with Crippen LogP contribution in [0, 0.1) is 0 Å². The Kier molecular flexibility index (Phi) is 3.20. The summed E-state index contributed by atoms with van der Waals surface area (Å²) in [5, 5.41) is 12.5. The molecule has 1 aromatic rings. The molecule has 0 bridgehead atoms. The van der Waals surface area contributed by atoms with E-state index in [4.69, 9.17) is 14.6 Å². The Hall–Kier alpha value is -1.70. The van der Waals surface area contributed by atoms with Crippen molar-refractivity contribution in [2.45, 2.75) is 25.5 Å². The molecule has 1 N–H and O–H groups in total. The molecule has 8 heteroatoms. The summed E-state index contributed by atoms with van der Waals surface area (Å²) in [6, 6.07) is 1.22. The minimum atomic E-state index is -3.24. The van der Waals surface area contributed by atoms with Crippen molar-refractivity contribution in [3.63, 3.8) is 0 Å². The number of rotatable bonds is 3. The molecule has 0 spiro atoms. The third-order valence-corrected chi connectivity index (χ3v) is 2.49. The van der Waals surface area contributed by atoms with Crippen LogP contribution in [0.5, 0.6) is 5.88 Å². The van der Waals surface area contributed by atoms with Crippen LogP contribution < -0.4 is 4.74 Å². The topological polar surface area (TPSA) is 73.6 Å². The first-order valence-corrected chi connectivity index (χ1v) is 5.38. The predicted molar refractivity (Wildman–Crippen MR) is 54.6 cm³/mol. The summed E-state index contributed by atoms with van der Waals surface area (Å²) in [6.45, 7) is 0.234. The van der Waals surface area contributed by atoms with Gasteiger partial charge >= 0.3 is 11.9 Å². The van der Waals surface area contributed by atoms with Crippen molar-refractivity contribution in [2.75, 3.05) is 13.2 Å². The lowest BCUT2D eigenvalue weighted by Gasteiger charge is -2.30. The highest BCUT2D eigenvalue weighted by Crippen LogP contribution is 2.32. The number of alkyl halides is 2. The Balaban J connectivity index is 2.26. The zero-order valence-corrected chi connectivity index (χ0v) is 9.60. The van der Waals surface area contributed by atoms with Crippen molar-refractivity contribution in [2.24, 2.45) is 0 Å². The first-order chi connectivity index (χ1) is 8.47. The number of hydrogen-bond donors (Lipinski definition) is 1. The Morgan fingerprint density at radius 1 is 1.78 bits per heavy atom. The number of carbonyl (C=O) groups is 1. The van der Waals surface area contributed by atoms with Crippen LogP contribution in [0.3, 0.4) is 0 Å². The second kappa shape index (κ2) is 4.52. The number of ether oxygens (including phenoxy) is 2. The first kappa shape index (κ1) is 12.7. The summed E-state index contributed by atoms with van der Waals surface area (Å²) in [5.41, 5.74) is -0.0961. The highest BCUT2D eigenvalue weighted by Gasteiger charge is 2.46. The van der Waals surface area contributed by atoms with E-state index in [2.05, 4.69) is 5.10 Å². The van der Waals surface area contributed by atoms with Gasteiger partial charge < -0.3 is 14.6 Å². The van der Waals surface area contributed by atoms with Gasteiger partial charge in [0.05, 0.1) is 13.2 Å². The fraction of sp³-hybridized carbons (Fsp3) is 0.600. The molecule has 0 saturated heterocycles. The molecule has 2 rings (SSSR count). The van der Waals surface area contributed by atoms with E-state index in [1.54, 1.807) is 6.92 Å². The molecule has 2 heterocycles. The van der Waals surface area contributed by atoms with Crippen LogP contribution in [-0.4, -0.2) is 46.1 Å². The van der Waals surface area contributed by atoms with Crippen molar-refractivity contribution < 1.29 is 28.2 Å². The Morgan fingerprint density at radius 3 is 3.11 bits per heavy atom. The molecule has 1 aromatic heterocycles. The number of nitrogens with zero attached hydrogens (tertiary/aromatic N) is 2. The SMILES string of the molecule is CCOC(=O)c1cc2n(n1)CC(F)(F)C(CO)O2. The molecule has 1 aliphatic heterocycles. The van der Waals surface area contributed by atoms with E-state index in [-0.39, 0.29) is 18.2 Å². The second-order valence-corrected chi connectivity index (χ2v) is 3.80. The van der Waals surface area contributed by atoms with Crippen molar-refractivity contribution in [3.05, 3.63) is 11.8 Å². The zero-order chi connectivity index (χ0) is 13.3. The lowest BCUT2D eigenvalue weighted by atomic mass is 10.2. The summed E-state index contributed by atoms with van der Waals surface area (Å²) < 4.78 is 37.4. The summed E-state index contributed by atoms with van der Waals surface area (Å²) in [5.74, 6) is -3.92. The first-order valence-electron chi connectivity index (χ1n) is 5.38. The maximum Gasteiger partial charge on any atom is 0.358 e. The van der Waals surface area contributed by atoms with Gasteiger partial charge in [-0.05, 0) is 6.92 Å². The summed E-state index contributed by atoms with van der Waals surface area (Å²) in [7, 11) is 0. The van der Waals surface area contributed by atoms with Gasteiger partial charge in [0.25, 0.3) is 0 Å². The normalized spacial score (nSPS) is 21.0.